The van der Waals surface area contributed by atoms with Crippen LogP contribution in [-0.4, -0.2) is 72.9 Å². The molecule has 0 spiro atoms. The van der Waals surface area contributed by atoms with Gasteiger partial charge in [0.25, 0.3) is 0 Å². The van der Waals surface area contributed by atoms with Crippen LogP contribution in [0.15, 0.2) is 107 Å². The molecule has 4 aromatic carbocycles. The third kappa shape index (κ3) is 16.3. The van der Waals surface area contributed by atoms with Gasteiger partial charge in [0.1, 0.15) is 51.8 Å². The van der Waals surface area contributed by atoms with Gasteiger partial charge in [0.15, 0.2) is 0 Å². The van der Waals surface area contributed by atoms with E-state index in [4.69, 9.17) is 17.3 Å². The van der Waals surface area contributed by atoms with Crippen molar-refractivity contribution in [2.45, 2.75) is 33.4 Å². The van der Waals surface area contributed by atoms with Crippen LogP contribution in [0.3, 0.4) is 0 Å². The molecule has 0 aliphatic rings. The Morgan fingerprint density at radius 3 is 1.51 bits per heavy atom. The van der Waals surface area contributed by atoms with Crippen LogP contribution in [0.1, 0.15) is 11.1 Å². The summed E-state index contributed by atoms with van der Waals surface area (Å²) in [6, 6.07) is 9.78. The maximum Gasteiger partial charge on any atom is 1.00 e. The molecule has 33 heteroatoms. The average molecular weight is 1000 g/mol. The van der Waals surface area contributed by atoms with E-state index in [0.29, 0.717) is 47.5 Å². The molecule has 0 aliphatic carbocycles. The number of azo groups is 2. The number of anilines is 5. The summed E-state index contributed by atoms with van der Waals surface area (Å²) in [5, 5.41) is 23.0. The van der Waals surface area contributed by atoms with Gasteiger partial charge < -0.3 is 39.9 Å². The Hall–Kier alpha value is -2.11. The molecule has 310 valence electrons. The first-order chi connectivity index (χ1) is 27.3. The number of amides is 2. The molecule has 24 nitrogen and oxygen atoms in total. The summed E-state index contributed by atoms with van der Waals surface area (Å²) < 4.78 is 140. The Balaban J connectivity index is 0.00000496. The number of halogens is 1. The van der Waals surface area contributed by atoms with Crippen LogP contribution in [0, 0.1) is 13.8 Å². The van der Waals surface area contributed by atoms with Crippen LogP contribution in [0.2, 0.25) is 5.28 Å². The molecule has 0 radical (unpaired) electrons. The predicted molar refractivity (Wildman–Crippen MR) is 200 cm³/mol. The number of carbonyl (C=O) groups excluding carboxylic acids is 1. The first-order valence-electron chi connectivity index (χ1n) is 15.5. The van der Waals surface area contributed by atoms with Crippen molar-refractivity contribution in [1.29, 1.82) is 0 Å². The third-order valence-electron chi connectivity index (χ3n) is 7.41. The SMILES string of the molecule is Cc1cc(N=Nc2cc(S(=O)(=O)[O-])ccc2S(=O)(=O)[O-])c(C)cc1N=Nc1ccc(Nc2nc(Cl)nc(Nc3cc(S(=O)(=O)[O-])ccc3S(=O)(=O)[O-])n2)cc1NC(N)=O.[Na+].[Na+].[Na+].[Na+]. The molecule has 1 aromatic heterocycles. The summed E-state index contributed by atoms with van der Waals surface area (Å²) in [5.41, 5.74) is 5.45. The van der Waals surface area contributed by atoms with Gasteiger partial charge in [0, 0.05) is 5.69 Å². The fourth-order valence-corrected chi connectivity index (χ4v) is 7.14. The average Bonchev–Trinajstić information content (AvgIpc) is 3.09. The van der Waals surface area contributed by atoms with Crippen molar-refractivity contribution in [2.24, 2.45) is 26.2 Å². The first kappa shape index (κ1) is 58.9. The van der Waals surface area contributed by atoms with Crippen LogP contribution >= 0.6 is 11.6 Å². The number of hydrogen-bond acceptors (Lipinski definition) is 22. The standard InChI is InChI=1S/C30H26ClN11O13S4.4Na/c1-14-10-21(41-42-24-13-18(57(47,48)49)5-8-26(24)59(53,54)55)15(2)9-20(14)40-39-19-6-3-16(11-22(19)34-28(32)43)33-29-36-27(31)37-30(38-29)35-23-12-17(56(44,45)46)4-7-25(23)58(50,51)52;;;;/h3-13H,1-2H3,(H3,32,34,43)(H,44,45,46)(H,47,48,49)(H,50,51,52)(H,53,54,55)(H2,33,35,36,37,38);;;;/q;4*+1/p-4. The van der Waals surface area contributed by atoms with Crippen LogP contribution in [-0.2, 0) is 40.5 Å². The first-order valence-corrected chi connectivity index (χ1v) is 21.5. The molecular weight excluding hydrogens is 978 g/mol. The number of aryl methyl sites for hydroxylation is 2. The van der Waals surface area contributed by atoms with Gasteiger partial charge in [-0.1, -0.05) is 0 Å². The molecule has 5 rings (SSSR count). The molecule has 0 saturated carbocycles. The van der Waals surface area contributed by atoms with E-state index in [1.165, 1.54) is 30.3 Å². The number of nitrogens with two attached hydrogens (primary N) is 1. The zero-order chi connectivity index (χ0) is 43.7. The Labute approximate surface area is 452 Å². The van der Waals surface area contributed by atoms with Crippen molar-refractivity contribution in [3.63, 3.8) is 0 Å². The van der Waals surface area contributed by atoms with Gasteiger partial charge in [-0.15, -0.1) is 10.2 Å². The Bertz CT molecular complexity index is 3080. The van der Waals surface area contributed by atoms with Gasteiger partial charge in [-0.05, 0) is 103 Å². The summed E-state index contributed by atoms with van der Waals surface area (Å²) in [5.74, 6) is -0.802. The van der Waals surface area contributed by atoms with Gasteiger partial charge in [-0.2, -0.15) is 25.2 Å². The quantitative estimate of drug-likeness (QED) is 0.0483. The van der Waals surface area contributed by atoms with Crippen molar-refractivity contribution < 1.29 is 175 Å². The maximum absolute atomic E-state index is 11.9. The van der Waals surface area contributed by atoms with Gasteiger partial charge in [0.05, 0.1) is 42.3 Å². The monoisotopic (exact) mass is 999 g/mol. The van der Waals surface area contributed by atoms with Crippen LogP contribution in [0.25, 0.3) is 0 Å². The number of urea groups is 1. The second kappa shape index (κ2) is 23.6. The van der Waals surface area contributed by atoms with E-state index in [9.17, 15) is 56.7 Å². The molecule has 0 fully saturated rings. The number of hydrogen-bond donors (Lipinski definition) is 4. The molecule has 0 unspecified atom stereocenters. The van der Waals surface area contributed by atoms with Crippen LogP contribution < -0.4 is 140 Å². The largest absolute Gasteiger partial charge is 1.00 e. The molecule has 0 bridgehead atoms. The molecule has 63 heavy (non-hydrogen) atoms. The Morgan fingerprint density at radius 2 is 1.02 bits per heavy atom. The molecule has 1 heterocycles. The third-order valence-corrected chi connectivity index (χ3v) is 11.0. The number of aromatic nitrogens is 3. The molecular formula is C30H22ClN11Na4O13S4. The van der Waals surface area contributed by atoms with Crippen molar-refractivity contribution in [2.75, 3.05) is 16.0 Å². The second-order valence-electron chi connectivity index (χ2n) is 11.7. The van der Waals surface area contributed by atoms with E-state index in [1.807, 2.05) is 0 Å². The van der Waals surface area contributed by atoms with Crippen LogP contribution in [0.5, 0.6) is 0 Å². The minimum absolute atomic E-state index is 0. The number of primary amides is 1. The van der Waals surface area contributed by atoms with Gasteiger partial charge in [-0.25, -0.2) is 38.5 Å². The van der Waals surface area contributed by atoms with Gasteiger partial charge in [-0.3, -0.25) is 0 Å². The fraction of sp³-hybridized carbons (Fsp3) is 0.0667. The normalized spacial score (nSPS) is 11.7. The number of carbonyl (C=O) groups is 1. The predicted octanol–water partition coefficient (Wildman–Crippen LogP) is -7.42. The Kier molecular flexibility index (Phi) is 22.0. The molecule has 0 aliphatic heterocycles. The van der Waals surface area contributed by atoms with E-state index in [1.54, 1.807) is 13.8 Å². The van der Waals surface area contributed by atoms with E-state index in [-0.39, 0.29) is 153 Å². The molecule has 2 amide bonds. The minimum Gasteiger partial charge on any atom is -0.744 e. The summed E-state index contributed by atoms with van der Waals surface area (Å²) in [4.78, 5) is 20.0. The van der Waals surface area contributed by atoms with Crippen LogP contribution in [0.4, 0.5) is 56.5 Å². The topological polar surface area (TPSA) is 396 Å². The maximum atomic E-state index is 11.9. The molecule has 0 saturated heterocycles. The summed E-state index contributed by atoms with van der Waals surface area (Å²) in [7, 11) is -20.5. The van der Waals surface area contributed by atoms with Crippen molar-refractivity contribution in [3.8, 4) is 0 Å². The Morgan fingerprint density at radius 1 is 0.556 bits per heavy atom. The van der Waals surface area contributed by atoms with Gasteiger partial charge in [0.2, 0.25) is 17.2 Å². The van der Waals surface area contributed by atoms with Crippen molar-refractivity contribution in [3.05, 3.63) is 83.1 Å². The summed E-state index contributed by atoms with van der Waals surface area (Å²) >= 11 is 6.02. The molecule has 5 aromatic rings. The molecule has 5 N–H and O–H groups in total. The van der Waals surface area contributed by atoms with Gasteiger partial charge >= 0.3 is 124 Å². The fourth-order valence-electron chi connectivity index (χ4n) is 4.78. The van der Waals surface area contributed by atoms with E-state index in [2.05, 4.69) is 51.4 Å². The number of rotatable bonds is 13. The molecule has 0 atom stereocenters. The minimum atomic E-state index is -5.20. The van der Waals surface area contributed by atoms with Crippen molar-refractivity contribution >= 4 is 110 Å². The summed E-state index contributed by atoms with van der Waals surface area (Å²) in [6.45, 7) is 3.15. The number of nitrogens with zero attached hydrogens (tertiary/aromatic N) is 7. The van der Waals surface area contributed by atoms with E-state index >= 15 is 0 Å². The number of benzene rings is 4. The second-order valence-corrected chi connectivity index (χ2v) is 17.4. The zero-order valence-corrected chi connectivity index (χ0v) is 45.4. The van der Waals surface area contributed by atoms with Crippen molar-refractivity contribution in [1.82, 2.24) is 15.0 Å². The smallest absolute Gasteiger partial charge is 0.744 e. The zero-order valence-electron chi connectivity index (χ0n) is 33.4. The summed E-state index contributed by atoms with van der Waals surface area (Å²) in [6.07, 6.45) is 0. The van der Waals surface area contributed by atoms with E-state index in [0.717, 1.165) is 0 Å². The van der Waals surface area contributed by atoms with E-state index < -0.39 is 88.7 Å². The number of nitrogens with one attached hydrogen (secondary N) is 3.